The number of ether oxygens (including phenoxy) is 1. The predicted molar refractivity (Wildman–Crippen MR) is 149 cm³/mol. The van der Waals surface area contributed by atoms with Gasteiger partial charge >= 0.3 is 0 Å². The average molecular weight is 530 g/mol. The maximum atomic E-state index is 14.5. The summed E-state index contributed by atoms with van der Waals surface area (Å²) in [5, 5.41) is 11.9. The Bertz CT molecular complexity index is 1720. The van der Waals surface area contributed by atoms with Crippen LogP contribution in [0.2, 0.25) is 0 Å². The van der Waals surface area contributed by atoms with Crippen molar-refractivity contribution in [2.75, 3.05) is 12.0 Å². The van der Waals surface area contributed by atoms with E-state index in [0.29, 0.717) is 11.4 Å². The Balaban J connectivity index is 1.51. The number of benzene rings is 4. The van der Waals surface area contributed by atoms with Gasteiger partial charge in [-0.2, -0.15) is 0 Å². The van der Waals surface area contributed by atoms with Gasteiger partial charge in [0.1, 0.15) is 17.1 Å². The molecule has 2 bridgehead atoms. The summed E-state index contributed by atoms with van der Waals surface area (Å²) in [5.74, 6) is -2.29. The minimum absolute atomic E-state index is 0.0128. The molecule has 0 unspecified atom stereocenters. The largest absolute Gasteiger partial charge is 0.494 e. The first-order chi connectivity index (χ1) is 19.5. The summed E-state index contributed by atoms with van der Waals surface area (Å²) in [6, 6.07) is 29.0. The van der Waals surface area contributed by atoms with Crippen LogP contribution in [0, 0.1) is 22.0 Å². The molecule has 1 aliphatic heterocycles. The minimum Gasteiger partial charge on any atom is -0.494 e. The maximum Gasteiger partial charge on any atom is 0.293 e. The summed E-state index contributed by atoms with van der Waals surface area (Å²) in [5.41, 5.74) is 2.93. The van der Waals surface area contributed by atoms with Gasteiger partial charge in [0.2, 0.25) is 11.8 Å². The molecule has 2 amide bonds. The molecule has 0 N–H and O–H groups in total. The van der Waals surface area contributed by atoms with Gasteiger partial charge in [-0.15, -0.1) is 0 Å². The van der Waals surface area contributed by atoms with E-state index in [4.69, 9.17) is 9.73 Å². The molecule has 196 valence electrons. The van der Waals surface area contributed by atoms with Crippen LogP contribution in [-0.2, 0) is 15.0 Å². The highest BCUT2D eigenvalue weighted by Crippen LogP contribution is 2.64. The van der Waals surface area contributed by atoms with Crippen LogP contribution in [0.5, 0.6) is 5.75 Å². The Morgan fingerprint density at radius 1 is 0.850 bits per heavy atom. The summed E-state index contributed by atoms with van der Waals surface area (Å²) < 4.78 is 5.53. The molecule has 3 aliphatic carbocycles. The third kappa shape index (κ3) is 3.04. The Labute approximate surface area is 229 Å². The van der Waals surface area contributed by atoms with Gasteiger partial charge in [-0.05, 0) is 40.5 Å². The van der Waals surface area contributed by atoms with Crippen LogP contribution in [0.15, 0.2) is 102 Å². The van der Waals surface area contributed by atoms with Crippen molar-refractivity contribution in [3.63, 3.8) is 0 Å². The van der Waals surface area contributed by atoms with Gasteiger partial charge in [0.15, 0.2) is 0 Å². The van der Waals surface area contributed by atoms with Crippen LogP contribution in [0.4, 0.5) is 17.1 Å². The lowest BCUT2D eigenvalue weighted by molar-refractivity contribution is -0.384. The monoisotopic (exact) mass is 529 g/mol. The second kappa shape index (κ2) is 8.71. The number of methoxy groups -OCH3 is 1. The van der Waals surface area contributed by atoms with E-state index in [9.17, 15) is 19.7 Å². The number of nitro groups is 1. The Morgan fingerprint density at radius 3 is 2.12 bits per heavy atom. The van der Waals surface area contributed by atoms with Crippen molar-refractivity contribution in [2.24, 2.45) is 16.8 Å². The summed E-state index contributed by atoms with van der Waals surface area (Å²) in [6.45, 7) is 0. The van der Waals surface area contributed by atoms with E-state index in [2.05, 4.69) is 0 Å². The number of hydrogen-bond donors (Lipinski definition) is 0. The fraction of sp³-hybridized carbons (Fsp3) is 0.156. The number of hydrogen-bond acceptors (Lipinski definition) is 6. The lowest BCUT2D eigenvalue weighted by atomic mass is 9.47. The molecule has 8 nitrogen and oxygen atoms in total. The lowest BCUT2D eigenvalue weighted by Crippen LogP contribution is -2.54. The molecule has 0 radical (unpaired) electrons. The van der Waals surface area contributed by atoms with Crippen molar-refractivity contribution in [3.8, 4) is 5.75 Å². The maximum absolute atomic E-state index is 14.5. The van der Waals surface area contributed by atoms with E-state index in [0.717, 1.165) is 27.2 Å². The second-order valence-corrected chi connectivity index (χ2v) is 10.2. The number of nitrogens with zero attached hydrogens (tertiary/aromatic N) is 3. The van der Waals surface area contributed by atoms with Crippen LogP contribution in [-0.4, -0.2) is 30.1 Å². The Morgan fingerprint density at radius 2 is 1.45 bits per heavy atom. The van der Waals surface area contributed by atoms with Crippen molar-refractivity contribution in [1.82, 2.24) is 0 Å². The highest BCUT2D eigenvalue weighted by atomic mass is 16.6. The average Bonchev–Trinajstić information content (AvgIpc) is 3.26. The van der Waals surface area contributed by atoms with Crippen molar-refractivity contribution in [1.29, 1.82) is 0 Å². The van der Waals surface area contributed by atoms with Gasteiger partial charge < -0.3 is 4.74 Å². The van der Waals surface area contributed by atoms with Crippen molar-refractivity contribution < 1.29 is 19.2 Å². The van der Waals surface area contributed by atoms with Crippen LogP contribution in [0.3, 0.4) is 0 Å². The molecule has 4 aromatic carbocycles. The number of amides is 2. The zero-order valence-corrected chi connectivity index (χ0v) is 21.4. The third-order valence-corrected chi connectivity index (χ3v) is 8.50. The Hall–Kier alpha value is -5.11. The number of carbonyl (C=O) groups is 2. The normalized spacial score (nSPS) is 24.1. The molecule has 8 heteroatoms. The molecule has 2 atom stereocenters. The van der Waals surface area contributed by atoms with Gasteiger partial charge in [-0.25, -0.2) is 4.90 Å². The molecule has 0 saturated carbocycles. The summed E-state index contributed by atoms with van der Waals surface area (Å²) in [4.78, 5) is 46.0. The first-order valence-corrected chi connectivity index (χ1v) is 13.0. The van der Waals surface area contributed by atoms with Crippen LogP contribution < -0.4 is 9.64 Å². The first-order valence-electron chi connectivity index (χ1n) is 13.0. The topological polar surface area (TPSA) is 102 Å². The molecule has 0 aromatic heterocycles. The van der Waals surface area contributed by atoms with E-state index in [1.165, 1.54) is 18.2 Å². The van der Waals surface area contributed by atoms with E-state index in [-0.39, 0.29) is 17.3 Å². The lowest BCUT2D eigenvalue weighted by Gasteiger charge is -2.52. The molecule has 4 aliphatic rings. The van der Waals surface area contributed by atoms with Gasteiger partial charge in [0.05, 0.1) is 29.3 Å². The number of imide groups is 1. The predicted octanol–water partition coefficient (Wildman–Crippen LogP) is 5.56. The SMILES string of the molecule is COc1ccccc1N=CC12c3ccccc3C(c3ccccc31)[C@H]1C(=O)N(c3ccccc3[N+](=O)[O-])C(=O)[C@@H]12. The van der Waals surface area contributed by atoms with Gasteiger partial charge in [0.25, 0.3) is 5.69 Å². The summed E-state index contributed by atoms with van der Waals surface area (Å²) in [7, 11) is 1.57. The molecule has 1 heterocycles. The zero-order chi connectivity index (χ0) is 27.6. The van der Waals surface area contributed by atoms with Crippen molar-refractivity contribution in [3.05, 3.63) is 129 Å². The molecule has 4 aromatic rings. The van der Waals surface area contributed by atoms with Crippen LogP contribution in [0.1, 0.15) is 28.2 Å². The fourth-order valence-electron chi connectivity index (χ4n) is 7.00. The van der Waals surface area contributed by atoms with Crippen molar-refractivity contribution >= 4 is 35.1 Å². The second-order valence-electron chi connectivity index (χ2n) is 10.2. The highest BCUT2D eigenvalue weighted by Gasteiger charge is 2.68. The standard InChI is InChI=1S/C32H23N3O5/c1-40-26-17-9-6-14-23(26)33-18-32-21-12-4-2-10-19(21)27(20-11-3-5-13-22(20)32)28-29(32)31(37)34(30(28)36)24-15-7-8-16-25(24)35(38)39/h2-18,27-29H,1H3/t27?,28-,29-,32?/m1/s1. The van der Waals surface area contributed by atoms with Gasteiger partial charge in [-0.3, -0.25) is 24.7 Å². The van der Waals surface area contributed by atoms with Crippen molar-refractivity contribution in [2.45, 2.75) is 11.3 Å². The molecule has 8 rings (SSSR count). The molecular weight excluding hydrogens is 506 g/mol. The van der Waals surface area contributed by atoms with E-state index in [1.807, 2.05) is 72.8 Å². The van der Waals surface area contributed by atoms with Gasteiger partial charge in [0, 0.05) is 18.2 Å². The van der Waals surface area contributed by atoms with E-state index < -0.39 is 34.0 Å². The quantitative estimate of drug-likeness (QED) is 0.146. The number of rotatable bonds is 5. The van der Waals surface area contributed by atoms with Crippen LogP contribution >= 0.6 is 0 Å². The van der Waals surface area contributed by atoms with Crippen LogP contribution in [0.25, 0.3) is 0 Å². The third-order valence-electron chi connectivity index (χ3n) is 8.50. The molecule has 1 fully saturated rings. The number of carbonyl (C=O) groups excluding carboxylic acids is 2. The smallest absolute Gasteiger partial charge is 0.293 e. The summed E-state index contributed by atoms with van der Waals surface area (Å²) >= 11 is 0. The Kier molecular flexibility index (Phi) is 5.22. The summed E-state index contributed by atoms with van der Waals surface area (Å²) in [6.07, 6.45) is 1.78. The fourth-order valence-corrected chi connectivity index (χ4v) is 7.00. The van der Waals surface area contributed by atoms with E-state index >= 15 is 0 Å². The number of nitro benzene ring substituents is 1. The van der Waals surface area contributed by atoms with Gasteiger partial charge in [-0.1, -0.05) is 72.8 Å². The highest BCUT2D eigenvalue weighted by molar-refractivity contribution is 6.25. The van der Waals surface area contributed by atoms with E-state index in [1.54, 1.807) is 19.4 Å². The molecule has 0 spiro atoms. The molecule has 1 saturated heterocycles. The number of anilines is 1. The molecule has 40 heavy (non-hydrogen) atoms. The first kappa shape index (κ1) is 24.0. The number of aliphatic imine (C=N–C) groups is 1. The number of para-hydroxylation sites is 4. The zero-order valence-electron chi connectivity index (χ0n) is 21.4. The molecular formula is C32H23N3O5. The minimum atomic E-state index is -1.08.